The Labute approximate surface area is 81.5 Å². The van der Waals surface area contributed by atoms with Crippen LogP contribution < -0.4 is 11.2 Å². The van der Waals surface area contributed by atoms with Gasteiger partial charge < -0.3 is 10.2 Å². The summed E-state index contributed by atoms with van der Waals surface area (Å²) < 4.78 is 5.42. The average molecular weight is 192 g/mol. The van der Waals surface area contributed by atoms with Gasteiger partial charge in [0.2, 0.25) is 0 Å². The third kappa shape index (κ3) is 1.49. The number of oxazole rings is 1. The van der Waals surface area contributed by atoms with Crippen molar-refractivity contribution in [3.8, 4) is 0 Å². The highest BCUT2D eigenvalue weighted by atomic mass is 16.4. The molecule has 14 heavy (non-hydrogen) atoms. The van der Waals surface area contributed by atoms with Crippen molar-refractivity contribution in [2.45, 2.75) is 0 Å². The molecule has 5 heteroatoms. The fourth-order valence-electron chi connectivity index (χ4n) is 1.21. The third-order valence-corrected chi connectivity index (χ3v) is 1.77. The van der Waals surface area contributed by atoms with E-state index in [1.807, 2.05) is 26.2 Å². The van der Waals surface area contributed by atoms with Crippen LogP contribution >= 0.6 is 0 Å². The summed E-state index contributed by atoms with van der Waals surface area (Å²) in [5, 5.41) is 1.75. The monoisotopic (exact) mass is 192 g/mol. The number of hydrogen-bond acceptors (Lipinski definition) is 5. The van der Waals surface area contributed by atoms with E-state index in [9.17, 15) is 0 Å². The third-order valence-electron chi connectivity index (χ3n) is 1.77. The van der Waals surface area contributed by atoms with Gasteiger partial charge in [-0.2, -0.15) is 4.98 Å². The second-order valence-electron chi connectivity index (χ2n) is 3.22. The molecular formula is C9H12N4O. The first kappa shape index (κ1) is 8.83. The van der Waals surface area contributed by atoms with Crippen LogP contribution in [0.25, 0.3) is 11.1 Å². The molecule has 0 saturated carbocycles. The zero-order valence-corrected chi connectivity index (χ0v) is 8.11. The quantitative estimate of drug-likeness (QED) is 0.554. The van der Waals surface area contributed by atoms with Crippen LogP contribution in [-0.2, 0) is 0 Å². The maximum Gasteiger partial charge on any atom is 0.310 e. The van der Waals surface area contributed by atoms with Crippen LogP contribution in [0.4, 0.5) is 11.7 Å². The normalized spacial score (nSPS) is 11.1. The highest BCUT2D eigenvalue weighted by Gasteiger charge is 2.07. The first-order chi connectivity index (χ1) is 6.66. The zero-order valence-electron chi connectivity index (χ0n) is 8.11. The molecule has 1 aromatic heterocycles. The minimum Gasteiger partial charge on any atom is -0.423 e. The molecule has 0 aliphatic heterocycles. The lowest BCUT2D eigenvalue weighted by Crippen LogP contribution is -2.19. The smallest absolute Gasteiger partial charge is 0.310 e. The molecule has 0 atom stereocenters. The van der Waals surface area contributed by atoms with Gasteiger partial charge in [-0.3, -0.25) is 5.43 Å². The fraction of sp³-hybridized carbons (Fsp3) is 0.222. The van der Waals surface area contributed by atoms with Crippen LogP contribution in [0, 0.1) is 0 Å². The van der Waals surface area contributed by atoms with Gasteiger partial charge in [0.25, 0.3) is 0 Å². The summed E-state index contributed by atoms with van der Waals surface area (Å²) in [6.45, 7) is 0. The van der Waals surface area contributed by atoms with Crippen LogP contribution in [0.15, 0.2) is 22.6 Å². The highest BCUT2D eigenvalue weighted by molar-refractivity contribution is 5.86. The van der Waals surface area contributed by atoms with E-state index in [0.717, 1.165) is 0 Å². The number of hydrazine groups is 1. The molecule has 2 aromatic rings. The van der Waals surface area contributed by atoms with E-state index < -0.39 is 0 Å². The summed E-state index contributed by atoms with van der Waals surface area (Å²) in [6.07, 6.45) is 0. The van der Waals surface area contributed by atoms with Gasteiger partial charge >= 0.3 is 6.01 Å². The van der Waals surface area contributed by atoms with E-state index in [-0.39, 0.29) is 0 Å². The summed E-state index contributed by atoms with van der Waals surface area (Å²) in [5.41, 5.74) is 10.7. The van der Waals surface area contributed by atoms with Crippen LogP contribution in [0.5, 0.6) is 0 Å². The standard InChI is InChI=1S/C9H12N4O/c1-13(2)12-9-11-8-6(10)4-3-5-7(8)14-9/h3-5H,10H2,1-2H3,(H,11,12). The molecule has 2 rings (SSSR count). The molecule has 0 spiro atoms. The van der Waals surface area contributed by atoms with Crippen molar-refractivity contribution in [1.29, 1.82) is 0 Å². The molecule has 0 radical (unpaired) electrons. The first-order valence-electron chi connectivity index (χ1n) is 4.26. The molecule has 0 fully saturated rings. The maximum atomic E-state index is 5.74. The average Bonchev–Trinajstić information content (AvgIpc) is 2.47. The lowest BCUT2D eigenvalue weighted by Gasteiger charge is -2.07. The number of rotatable bonds is 2. The number of nitrogen functional groups attached to an aromatic ring is 1. The first-order valence-corrected chi connectivity index (χ1v) is 4.26. The van der Waals surface area contributed by atoms with Crippen molar-refractivity contribution in [2.75, 3.05) is 25.3 Å². The highest BCUT2D eigenvalue weighted by Crippen LogP contribution is 2.23. The molecule has 74 valence electrons. The van der Waals surface area contributed by atoms with Gasteiger partial charge in [0, 0.05) is 14.1 Å². The van der Waals surface area contributed by atoms with Crippen LogP contribution in [0.2, 0.25) is 0 Å². The summed E-state index contributed by atoms with van der Waals surface area (Å²) in [5.74, 6) is 0. The summed E-state index contributed by atoms with van der Waals surface area (Å²) >= 11 is 0. The van der Waals surface area contributed by atoms with Crippen molar-refractivity contribution >= 4 is 22.8 Å². The molecule has 5 nitrogen and oxygen atoms in total. The molecule has 0 aliphatic carbocycles. The molecule has 0 amide bonds. The number of benzene rings is 1. The Hall–Kier alpha value is -1.75. The zero-order chi connectivity index (χ0) is 10.1. The van der Waals surface area contributed by atoms with Gasteiger partial charge in [-0.15, -0.1) is 0 Å². The number of anilines is 2. The summed E-state index contributed by atoms with van der Waals surface area (Å²) in [7, 11) is 3.72. The van der Waals surface area contributed by atoms with Crippen molar-refractivity contribution < 1.29 is 4.42 Å². The predicted molar refractivity (Wildman–Crippen MR) is 55.7 cm³/mol. The van der Waals surface area contributed by atoms with Gasteiger partial charge in [-0.05, 0) is 12.1 Å². The van der Waals surface area contributed by atoms with Gasteiger partial charge in [0.15, 0.2) is 5.58 Å². The molecule has 0 saturated heterocycles. The Morgan fingerprint density at radius 3 is 2.86 bits per heavy atom. The van der Waals surface area contributed by atoms with E-state index in [1.54, 1.807) is 11.1 Å². The van der Waals surface area contributed by atoms with Gasteiger partial charge in [-0.25, -0.2) is 5.01 Å². The largest absolute Gasteiger partial charge is 0.423 e. The SMILES string of the molecule is CN(C)Nc1nc2c(N)cccc2o1. The van der Waals surface area contributed by atoms with Gasteiger partial charge in [0.1, 0.15) is 5.52 Å². The Morgan fingerprint density at radius 1 is 1.43 bits per heavy atom. The van der Waals surface area contributed by atoms with E-state index >= 15 is 0 Å². The van der Waals surface area contributed by atoms with Crippen LogP contribution in [-0.4, -0.2) is 24.1 Å². The van der Waals surface area contributed by atoms with Crippen LogP contribution in [0.3, 0.4) is 0 Å². The Morgan fingerprint density at radius 2 is 2.21 bits per heavy atom. The summed E-state index contributed by atoms with van der Waals surface area (Å²) in [6, 6.07) is 5.91. The van der Waals surface area contributed by atoms with Crippen molar-refractivity contribution in [2.24, 2.45) is 0 Å². The number of hydrogen-bond donors (Lipinski definition) is 2. The molecule has 0 unspecified atom stereocenters. The second-order valence-corrected chi connectivity index (χ2v) is 3.22. The molecule has 0 bridgehead atoms. The van der Waals surface area contributed by atoms with E-state index in [0.29, 0.717) is 22.8 Å². The Balaban J connectivity index is 2.46. The fourth-order valence-corrected chi connectivity index (χ4v) is 1.21. The Bertz CT molecular complexity index is 449. The number of para-hydroxylation sites is 1. The van der Waals surface area contributed by atoms with Crippen molar-refractivity contribution in [3.63, 3.8) is 0 Å². The summed E-state index contributed by atoms with van der Waals surface area (Å²) in [4.78, 5) is 4.21. The topological polar surface area (TPSA) is 67.3 Å². The molecule has 0 aliphatic rings. The number of fused-ring (bicyclic) bond motifs is 1. The maximum absolute atomic E-state index is 5.74. The minimum absolute atomic E-state index is 0.447. The minimum atomic E-state index is 0.447. The molecular weight excluding hydrogens is 180 g/mol. The lowest BCUT2D eigenvalue weighted by atomic mass is 10.3. The number of nitrogens with one attached hydrogen (secondary N) is 1. The number of nitrogens with two attached hydrogens (primary N) is 1. The van der Waals surface area contributed by atoms with E-state index in [4.69, 9.17) is 10.2 Å². The Kier molecular flexibility index (Phi) is 2.01. The lowest BCUT2D eigenvalue weighted by molar-refractivity contribution is 0.458. The number of aromatic nitrogens is 1. The molecule has 1 aromatic carbocycles. The van der Waals surface area contributed by atoms with Gasteiger partial charge in [-0.1, -0.05) is 6.07 Å². The van der Waals surface area contributed by atoms with Crippen molar-refractivity contribution in [1.82, 2.24) is 9.99 Å². The van der Waals surface area contributed by atoms with Crippen molar-refractivity contribution in [3.05, 3.63) is 18.2 Å². The molecule has 1 heterocycles. The molecule has 3 N–H and O–H groups in total. The van der Waals surface area contributed by atoms with Crippen LogP contribution in [0.1, 0.15) is 0 Å². The van der Waals surface area contributed by atoms with Gasteiger partial charge in [0.05, 0.1) is 5.69 Å². The number of nitrogens with zero attached hydrogens (tertiary/aromatic N) is 2. The van der Waals surface area contributed by atoms with E-state index in [1.165, 1.54) is 0 Å². The predicted octanol–water partition coefficient (Wildman–Crippen LogP) is 1.30. The second kappa shape index (κ2) is 3.19. The van der Waals surface area contributed by atoms with E-state index in [2.05, 4.69) is 10.4 Å².